The molecule has 3 heterocycles. The second-order valence-electron chi connectivity index (χ2n) is 7.29. The van der Waals surface area contributed by atoms with Crippen molar-refractivity contribution in [3.8, 4) is 6.07 Å². The highest BCUT2D eigenvalue weighted by atomic mass is 16.5. The van der Waals surface area contributed by atoms with Gasteiger partial charge in [-0.15, -0.1) is 0 Å². The molecule has 0 aliphatic heterocycles. The average molecular weight is 453 g/mol. The largest absolute Gasteiger partial charge is 0.462 e. The number of anilines is 1. The molecule has 11 heteroatoms. The maximum absolute atomic E-state index is 12.3. The van der Waals surface area contributed by atoms with Gasteiger partial charge in [-0.1, -0.05) is 0 Å². The Morgan fingerprint density at radius 1 is 1.21 bits per heavy atom. The van der Waals surface area contributed by atoms with Gasteiger partial charge in [0.05, 0.1) is 12.0 Å². The Morgan fingerprint density at radius 3 is 2.61 bits per heavy atom. The lowest BCUT2D eigenvalue weighted by Crippen LogP contribution is -2.17. The number of ether oxygens (including phenoxy) is 2. The van der Waals surface area contributed by atoms with E-state index in [2.05, 4.69) is 15.0 Å². The van der Waals surface area contributed by atoms with Gasteiger partial charge in [0, 0.05) is 12.1 Å². The van der Waals surface area contributed by atoms with E-state index in [-0.39, 0.29) is 59.9 Å². The normalized spacial score (nSPS) is 10.8. The van der Waals surface area contributed by atoms with Crippen LogP contribution in [0, 0.1) is 32.1 Å². The van der Waals surface area contributed by atoms with Crippen molar-refractivity contribution in [3.63, 3.8) is 0 Å². The van der Waals surface area contributed by atoms with Gasteiger partial charge in [-0.3, -0.25) is 9.59 Å². The first-order valence-electron chi connectivity index (χ1n) is 10.2. The highest BCUT2D eigenvalue weighted by molar-refractivity contribution is 6.07. The third-order valence-electron chi connectivity index (χ3n) is 5.14. The van der Waals surface area contributed by atoms with E-state index >= 15 is 0 Å². The van der Waals surface area contributed by atoms with Gasteiger partial charge in [0.1, 0.15) is 28.8 Å². The summed E-state index contributed by atoms with van der Waals surface area (Å²) in [7, 11) is 0. The van der Waals surface area contributed by atoms with Gasteiger partial charge in [-0.05, 0) is 45.2 Å². The summed E-state index contributed by atoms with van der Waals surface area (Å²) >= 11 is 0. The second kappa shape index (κ2) is 9.52. The maximum Gasteiger partial charge on any atom is 0.342 e. The Kier molecular flexibility index (Phi) is 6.77. The number of carbonyl (C=O) groups excluding carboxylic acids is 2. The fraction of sp³-hybridized carbons (Fsp3) is 0.364. The van der Waals surface area contributed by atoms with Crippen LogP contribution in [0.3, 0.4) is 0 Å². The number of hydrogen-bond acceptors (Lipinski definition) is 10. The molecular formula is C22H23N5O6. The average Bonchev–Trinajstić information content (AvgIpc) is 3.08. The van der Waals surface area contributed by atoms with E-state index in [0.717, 1.165) is 0 Å². The summed E-state index contributed by atoms with van der Waals surface area (Å²) in [5, 5.41) is 9.41. The van der Waals surface area contributed by atoms with Gasteiger partial charge < -0.3 is 24.6 Å². The first-order valence-corrected chi connectivity index (χ1v) is 10.2. The summed E-state index contributed by atoms with van der Waals surface area (Å²) in [5.41, 5.74) is 7.68. The second-order valence-corrected chi connectivity index (χ2v) is 7.29. The van der Waals surface area contributed by atoms with Crippen molar-refractivity contribution in [3.05, 3.63) is 49.9 Å². The first-order chi connectivity index (χ1) is 15.7. The third kappa shape index (κ3) is 4.69. The maximum atomic E-state index is 12.3. The Bertz CT molecular complexity index is 1350. The SMILES string of the molecule is CCOC(=O)c1c(C)oc2nc(COC(=O)CCc3c(C)[nH]c(=O)c(C#N)c3C)nc(N)c12. The minimum atomic E-state index is -0.587. The minimum absolute atomic E-state index is 0.00877. The van der Waals surface area contributed by atoms with E-state index < -0.39 is 17.5 Å². The van der Waals surface area contributed by atoms with E-state index in [4.69, 9.17) is 24.9 Å². The van der Waals surface area contributed by atoms with Crippen LogP contribution < -0.4 is 11.3 Å². The molecule has 33 heavy (non-hydrogen) atoms. The molecule has 0 bridgehead atoms. The summed E-state index contributed by atoms with van der Waals surface area (Å²) < 4.78 is 15.8. The predicted octanol–water partition coefficient (Wildman–Crippen LogP) is 2.14. The number of nitriles is 1. The molecule has 3 N–H and O–H groups in total. The van der Waals surface area contributed by atoms with Crippen LogP contribution >= 0.6 is 0 Å². The lowest BCUT2D eigenvalue weighted by Gasteiger charge is -2.10. The van der Waals surface area contributed by atoms with Gasteiger partial charge in [0.25, 0.3) is 5.56 Å². The number of rotatable bonds is 7. The summed E-state index contributed by atoms with van der Waals surface area (Å²) in [4.78, 5) is 47.2. The molecule has 0 saturated carbocycles. The van der Waals surface area contributed by atoms with Gasteiger partial charge in [0.2, 0.25) is 5.71 Å². The summed E-state index contributed by atoms with van der Waals surface area (Å²) in [6.45, 7) is 6.59. The van der Waals surface area contributed by atoms with E-state index in [1.54, 1.807) is 27.7 Å². The van der Waals surface area contributed by atoms with Crippen LogP contribution in [0.15, 0.2) is 9.21 Å². The van der Waals surface area contributed by atoms with Crippen molar-refractivity contribution >= 4 is 28.9 Å². The van der Waals surface area contributed by atoms with Crippen molar-refractivity contribution in [2.75, 3.05) is 12.3 Å². The summed E-state index contributed by atoms with van der Waals surface area (Å²) in [6, 6.07) is 1.88. The smallest absolute Gasteiger partial charge is 0.342 e. The molecule has 0 atom stereocenters. The number of nitrogens with zero attached hydrogens (tertiary/aromatic N) is 3. The molecule has 0 aromatic carbocycles. The minimum Gasteiger partial charge on any atom is -0.462 e. The van der Waals surface area contributed by atoms with Gasteiger partial charge >= 0.3 is 11.9 Å². The Morgan fingerprint density at radius 2 is 1.94 bits per heavy atom. The van der Waals surface area contributed by atoms with Crippen LogP contribution in [0.4, 0.5) is 5.82 Å². The molecule has 0 saturated heterocycles. The number of fused-ring (bicyclic) bond motifs is 1. The van der Waals surface area contributed by atoms with Gasteiger partial charge in [-0.2, -0.15) is 10.2 Å². The monoisotopic (exact) mass is 453 g/mol. The van der Waals surface area contributed by atoms with Crippen LogP contribution in [-0.2, 0) is 27.3 Å². The molecule has 11 nitrogen and oxygen atoms in total. The highest BCUT2D eigenvalue weighted by Gasteiger charge is 2.24. The van der Waals surface area contributed by atoms with E-state index in [1.165, 1.54) is 0 Å². The predicted molar refractivity (Wildman–Crippen MR) is 116 cm³/mol. The fourth-order valence-corrected chi connectivity index (χ4v) is 3.56. The number of esters is 2. The number of pyridine rings is 1. The number of H-pyrrole nitrogens is 1. The number of aromatic amines is 1. The molecule has 0 amide bonds. The van der Waals surface area contributed by atoms with Gasteiger partial charge in [-0.25, -0.2) is 9.78 Å². The number of carbonyl (C=O) groups is 2. The first kappa shape index (κ1) is 23.5. The van der Waals surface area contributed by atoms with Crippen LogP contribution in [-0.4, -0.2) is 33.5 Å². The molecule has 0 spiro atoms. The number of nitrogens with one attached hydrogen (secondary N) is 1. The molecule has 0 aliphatic carbocycles. The quantitative estimate of drug-likeness (QED) is 0.504. The number of aryl methyl sites for hydroxylation is 2. The molecule has 172 valence electrons. The lowest BCUT2D eigenvalue weighted by molar-refractivity contribution is -0.145. The fourth-order valence-electron chi connectivity index (χ4n) is 3.56. The number of aromatic nitrogens is 3. The molecule has 0 fully saturated rings. The zero-order valence-corrected chi connectivity index (χ0v) is 18.7. The van der Waals surface area contributed by atoms with Crippen molar-refractivity contribution in [2.24, 2.45) is 0 Å². The topological polar surface area (TPSA) is 174 Å². The summed E-state index contributed by atoms with van der Waals surface area (Å²) in [6.07, 6.45) is 0.299. The Hall–Kier alpha value is -4.20. The van der Waals surface area contributed by atoms with Gasteiger partial charge in [0.15, 0.2) is 12.4 Å². The van der Waals surface area contributed by atoms with Crippen LogP contribution in [0.1, 0.15) is 57.7 Å². The van der Waals surface area contributed by atoms with Crippen molar-refractivity contribution in [2.45, 2.75) is 47.1 Å². The number of furan rings is 1. The standard InChI is InChI=1S/C22H23N5O6/c1-5-31-22(30)17-12(4)33-21-18(17)19(24)26-15(27-21)9-32-16(28)7-6-13-10(2)14(8-23)20(29)25-11(13)3/h5-7,9H2,1-4H3,(H,25,29)(H2,24,26,27). The molecular weight excluding hydrogens is 430 g/mol. The van der Waals surface area contributed by atoms with E-state index in [0.29, 0.717) is 22.6 Å². The Labute approximate surface area is 188 Å². The van der Waals surface area contributed by atoms with Crippen molar-refractivity contribution in [1.82, 2.24) is 15.0 Å². The molecule has 3 rings (SSSR count). The van der Waals surface area contributed by atoms with Crippen LogP contribution in [0.5, 0.6) is 0 Å². The van der Waals surface area contributed by atoms with E-state index in [1.807, 2.05) is 6.07 Å². The summed E-state index contributed by atoms with van der Waals surface area (Å²) in [5.74, 6) is -0.698. The molecule has 0 radical (unpaired) electrons. The Balaban J connectivity index is 1.71. The molecule has 0 unspecified atom stereocenters. The van der Waals surface area contributed by atoms with Crippen molar-refractivity contribution in [1.29, 1.82) is 5.26 Å². The number of nitrogens with two attached hydrogens (primary N) is 1. The van der Waals surface area contributed by atoms with Crippen molar-refractivity contribution < 1.29 is 23.5 Å². The zero-order valence-electron chi connectivity index (χ0n) is 18.7. The lowest BCUT2D eigenvalue weighted by atomic mass is 9.99. The van der Waals surface area contributed by atoms with Crippen LogP contribution in [0.2, 0.25) is 0 Å². The third-order valence-corrected chi connectivity index (χ3v) is 5.14. The molecule has 3 aromatic rings. The molecule has 0 aliphatic rings. The number of hydrogen-bond donors (Lipinski definition) is 2. The molecule has 3 aromatic heterocycles. The number of nitrogen functional groups attached to an aromatic ring is 1. The van der Waals surface area contributed by atoms with E-state index in [9.17, 15) is 14.4 Å². The zero-order chi connectivity index (χ0) is 24.3. The van der Waals surface area contributed by atoms with Crippen LogP contribution in [0.25, 0.3) is 11.1 Å². The highest BCUT2D eigenvalue weighted by Crippen LogP contribution is 2.29.